The van der Waals surface area contributed by atoms with Crippen LogP contribution >= 0.6 is 11.6 Å². The molecule has 0 fully saturated rings. The van der Waals surface area contributed by atoms with E-state index >= 15 is 0 Å². The highest BCUT2D eigenvalue weighted by Gasteiger charge is 2.30. The molecule has 4 nitrogen and oxygen atoms in total. The fourth-order valence-electron chi connectivity index (χ4n) is 2.35. The number of halogens is 4. The van der Waals surface area contributed by atoms with E-state index in [1.807, 2.05) is 0 Å². The largest absolute Gasteiger partial charge is 0.416 e. The summed E-state index contributed by atoms with van der Waals surface area (Å²) in [7, 11) is 0. The lowest BCUT2D eigenvalue weighted by molar-refractivity contribution is -0.137. The molecule has 0 aliphatic rings. The van der Waals surface area contributed by atoms with Gasteiger partial charge in [-0.1, -0.05) is 23.7 Å². The molecule has 0 saturated carbocycles. The Hall–Kier alpha value is -2.54. The molecule has 2 amide bonds. The fourth-order valence-corrected chi connectivity index (χ4v) is 2.48. The van der Waals surface area contributed by atoms with Crippen LogP contribution in [0.2, 0.25) is 5.02 Å². The Morgan fingerprint density at radius 3 is 2.19 bits per heavy atom. The molecule has 0 aromatic heterocycles. The van der Waals surface area contributed by atoms with Crippen molar-refractivity contribution >= 4 is 23.4 Å². The molecule has 2 N–H and O–H groups in total. The molecular weight excluding hydrogens is 381 g/mol. The van der Waals surface area contributed by atoms with Crippen molar-refractivity contribution in [3.8, 4) is 0 Å². The summed E-state index contributed by atoms with van der Waals surface area (Å²) in [5.41, 5.74) is 0.245. The second-order valence-corrected chi connectivity index (χ2v) is 6.36. The fraction of sp³-hybridized carbons (Fsp3) is 0.263. The first-order valence-electron chi connectivity index (χ1n) is 8.17. The van der Waals surface area contributed by atoms with Crippen LogP contribution in [0.15, 0.2) is 48.5 Å². The van der Waals surface area contributed by atoms with E-state index in [0.29, 0.717) is 16.1 Å². The number of nitrogens with one attached hydrogen (secondary N) is 2. The lowest BCUT2D eigenvalue weighted by atomic mass is 10.1. The minimum atomic E-state index is -4.40. The third kappa shape index (κ3) is 6.29. The normalized spacial score (nSPS) is 12.3. The molecule has 0 aliphatic heterocycles. The first-order valence-corrected chi connectivity index (χ1v) is 8.55. The van der Waals surface area contributed by atoms with E-state index in [-0.39, 0.29) is 24.8 Å². The van der Waals surface area contributed by atoms with Gasteiger partial charge in [-0.2, -0.15) is 13.2 Å². The summed E-state index contributed by atoms with van der Waals surface area (Å²) in [5, 5.41) is 5.82. The lowest BCUT2D eigenvalue weighted by Gasteiger charge is -2.15. The first-order chi connectivity index (χ1) is 12.7. The molecule has 1 atom stereocenters. The molecule has 2 aromatic rings. The SMILES string of the molecule is CC(NC(=O)CCNC(=O)c1ccc(Cl)cc1)c1ccc(C(F)(F)F)cc1. The van der Waals surface area contributed by atoms with Crippen molar-refractivity contribution in [3.05, 3.63) is 70.2 Å². The number of hydrogen-bond acceptors (Lipinski definition) is 2. The number of carbonyl (C=O) groups excluding carboxylic acids is 2. The monoisotopic (exact) mass is 398 g/mol. The smallest absolute Gasteiger partial charge is 0.352 e. The quantitative estimate of drug-likeness (QED) is 0.759. The first kappa shape index (κ1) is 20.8. The number of carbonyl (C=O) groups is 2. The summed E-state index contributed by atoms with van der Waals surface area (Å²) < 4.78 is 37.7. The van der Waals surface area contributed by atoms with E-state index in [1.165, 1.54) is 12.1 Å². The zero-order chi connectivity index (χ0) is 20.0. The second kappa shape index (κ2) is 8.90. The molecule has 0 aliphatic carbocycles. The Morgan fingerprint density at radius 2 is 1.63 bits per heavy atom. The molecule has 8 heteroatoms. The molecule has 0 spiro atoms. The van der Waals surface area contributed by atoms with Crippen LogP contribution in [-0.2, 0) is 11.0 Å². The van der Waals surface area contributed by atoms with E-state index in [4.69, 9.17) is 11.6 Å². The van der Waals surface area contributed by atoms with Crippen LogP contribution in [-0.4, -0.2) is 18.4 Å². The van der Waals surface area contributed by atoms with Gasteiger partial charge in [0, 0.05) is 23.6 Å². The number of rotatable bonds is 6. The molecule has 0 radical (unpaired) electrons. The van der Waals surface area contributed by atoms with Crippen LogP contribution in [0.4, 0.5) is 13.2 Å². The maximum Gasteiger partial charge on any atom is 0.416 e. The Labute approximate surface area is 159 Å². The highest BCUT2D eigenvalue weighted by Crippen LogP contribution is 2.29. The van der Waals surface area contributed by atoms with Gasteiger partial charge in [-0.15, -0.1) is 0 Å². The summed E-state index contributed by atoms with van der Waals surface area (Å²) in [5.74, 6) is -0.644. The highest BCUT2D eigenvalue weighted by atomic mass is 35.5. The molecule has 0 saturated heterocycles. The van der Waals surface area contributed by atoms with Crippen molar-refractivity contribution < 1.29 is 22.8 Å². The van der Waals surface area contributed by atoms with Gasteiger partial charge in [-0.25, -0.2) is 0 Å². The Morgan fingerprint density at radius 1 is 1.04 bits per heavy atom. The van der Waals surface area contributed by atoms with Crippen molar-refractivity contribution in [1.29, 1.82) is 0 Å². The van der Waals surface area contributed by atoms with Crippen LogP contribution in [0, 0.1) is 0 Å². The zero-order valence-corrected chi connectivity index (χ0v) is 15.2. The number of benzene rings is 2. The van der Waals surface area contributed by atoms with Crippen LogP contribution in [0.5, 0.6) is 0 Å². The van der Waals surface area contributed by atoms with Gasteiger partial charge in [0.2, 0.25) is 5.91 Å². The predicted octanol–water partition coefficient (Wildman–Crippen LogP) is 4.36. The summed E-state index contributed by atoms with van der Waals surface area (Å²) in [6.45, 7) is 1.81. The third-order valence-electron chi connectivity index (χ3n) is 3.86. The van der Waals surface area contributed by atoms with E-state index in [9.17, 15) is 22.8 Å². The molecule has 27 heavy (non-hydrogen) atoms. The Kier molecular flexibility index (Phi) is 6.85. The van der Waals surface area contributed by atoms with Crippen LogP contribution in [0.1, 0.15) is 40.9 Å². The van der Waals surface area contributed by atoms with Crippen molar-refractivity contribution in [2.24, 2.45) is 0 Å². The second-order valence-electron chi connectivity index (χ2n) is 5.92. The topological polar surface area (TPSA) is 58.2 Å². The van der Waals surface area contributed by atoms with Crippen molar-refractivity contribution in [2.75, 3.05) is 6.54 Å². The van der Waals surface area contributed by atoms with E-state index in [0.717, 1.165) is 12.1 Å². The third-order valence-corrected chi connectivity index (χ3v) is 4.11. The van der Waals surface area contributed by atoms with Gasteiger partial charge in [-0.3, -0.25) is 9.59 Å². The summed E-state index contributed by atoms with van der Waals surface area (Å²) in [6, 6.07) is 10.5. The maximum atomic E-state index is 12.6. The molecule has 0 heterocycles. The standard InChI is InChI=1S/C19H18ClF3N2O2/c1-12(13-2-6-15(7-3-13)19(21,22)23)25-17(26)10-11-24-18(27)14-4-8-16(20)9-5-14/h2-9,12H,10-11H2,1H3,(H,24,27)(H,25,26). The number of amides is 2. The van der Waals surface area contributed by atoms with Gasteiger partial charge in [0.1, 0.15) is 0 Å². The van der Waals surface area contributed by atoms with Crippen LogP contribution in [0.3, 0.4) is 0 Å². The van der Waals surface area contributed by atoms with E-state index in [1.54, 1.807) is 31.2 Å². The van der Waals surface area contributed by atoms with Gasteiger partial charge in [-0.05, 0) is 48.9 Å². The number of hydrogen-bond donors (Lipinski definition) is 2. The summed E-state index contributed by atoms with van der Waals surface area (Å²) in [6.07, 6.45) is -4.35. The average Bonchev–Trinajstić information content (AvgIpc) is 2.61. The Bertz CT molecular complexity index is 790. The van der Waals surface area contributed by atoms with Gasteiger partial charge in [0.25, 0.3) is 5.91 Å². The van der Waals surface area contributed by atoms with Crippen molar-refractivity contribution in [2.45, 2.75) is 25.6 Å². The Balaban J connectivity index is 1.79. The maximum absolute atomic E-state index is 12.6. The molecular formula is C19H18ClF3N2O2. The van der Waals surface area contributed by atoms with Gasteiger partial charge < -0.3 is 10.6 Å². The van der Waals surface area contributed by atoms with E-state index < -0.39 is 17.8 Å². The van der Waals surface area contributed by atoms with Gasteiger partial charge in [0.05, 0.1) is 11.6 Å². The summed E-state index contributed by atoms with van der Waals surface area (Å²) >= 11 is 5.75. The van der Waals surface area contributed by atoms with Gasteiger partial charge in [0.15, 0.2) is 0 Å². The minimum absolute atomic E-state index is 0.0459. The average molecular weight is 399 g/mol. The minimum Gasteiger partial charge on any atom is -0.352 e. The van der Waals surface area contributed by atoms with Crippen LogP contribution < -0.4 is 10.6 Å². The molecule has 1 unspecified atom stereocenters. The van der Waals surface area contributed by atoms with E-state index in [2.05, 4.69) is 10.6 Å². The zero-order valence-electron chi connectivity index (χ0n) is 14.4. The number of alkyl halides is 3. The van der Waals surface area contributed by atoms with Crippen molar-refractivity contribution in [1.82, 2.24) is 10.6 Å². The molecule has 2 rings (SSSR count). The highest BCUT2D eigenvalue weighted by molar-refractivity contribution is 6.30. The van der Waals surface area contributed by atoms with Crippen molar-refractivity contribution in [3.63, 3.8) is 0 Å². The van der Waals surface area contributed by atoms with Gasteiger partial charge >= 0.3 is 6.18 Å². The predicted molar refractivity (Wildman–Crippen MR) is 96.4 cm³/mol. The summed E-state index contributed by atoms with van der Waals surface area (Å²) in [4.78, 5) is 23.9. The molecule has 144 valence electrons. The molecule has 0 bridgehead atoms. The molecule has 2 aromatic carbocycles. The van der Waals surface area contributed by atoms with Crippen LogP contribution in [0.25, 0.3) is 0 Å². The lowest BCUT2D eigenvalue weighted by Crippen LogP contribution is -2.32.